The Morgan fingerprint density at radius 3 is 2.77 bits per heavy atom. The van der Waals surface area contributed by atoms with Gasteiger partial charge in [0.25, 0.3) is 0 Å². The number of para-hydroxylation sites is 1. The van der Waals surface area contributed by atoms with E-state index < -0.39 is 0 Å². The number of carbonyl (C=O) groups excluding carboxylic acids is 1. The smallest absolute Gasteiger partial charge is 0.246 e. The zero-order valence-corrected chi connectivity index (χ0v) is 20.4. The minimum atomic E-state index is -0.00103. The van der Waals surface area contributed by atoms with Gasteiger partial charge in [0, 0.05) is 60.4 Å². The minimum absolute atomic E-state index is 0.00103. The van der Waals surface area contributed by atoms with Crippen LogP contribution in [-0.2, 0) is 9.53 Å². The molecule has 184 valence electrons. The number of ether oxygens (including phenoxy) is 1. The van der Waals surface area contributed by atoms with Crippen molar-refractivity contribution in [3.05, 3.63) is 53.7 Å². The first-order valence-electron chi connectivity index (χ1n) is 12.6. The Balaban J connectivity index is 1.39. The Bertz CT molecular complexity index is 1220. The molecule has 1 atom stereocenters. The number of benzene rings is 1. The molecule has 2 saturated heterocycles. The fourth-order valence-electron chi connectivity index (χ4n) is 5.06. The molecule has 0 radical (unpaired) electrons. The van der Waals surface area contributed by atoms with Crippen molar-refractivity contribution < 1.29 is 14.6 Å². The Hall–Kier alpha value is -3.23. The maximum absolute atomic E-state index is 12.6. The van der Waals surface area contributed by atoms with Crippen LogP contribution in [0.1, 0.15) is 50.0 Å². The predicted molar refractivity (Wildman–Crippen MR) is 135 cm³/mol. The molecule has 0 aliphatic carbocycles. The standard InChI is InChI=1S/C27H33N5O3/c1-3-31(4-2)13-7-12-24(34)32-16-18(17-32)26-25(23-11-8-14-35-23)20-15-21(29-30-27(20)28-26)19-9-5-6-10-22(19)33/h5-7,9-10,12,15,18,23,33H,3-4,8,11,13-14,16-17H2,1-2H3,(H,28,30)/b12-7+/t23-/m0/s1. The number of hydrogen-bond acceptors (Lipinski definition) is 6. The van der Waals surface area contributed by atoms with Gasteiger partial charge in [-0.2, -0.15) is 0 Å². The van der Waals surface area contributed by atoms with Crippen molar-refractivity contribution in [2.75, 3.05) is 39.3 Å². The highest BCUT2D eigenvalue weighted by Gasteiger charge is 2.36. The van der Waals surface area contributed by atoms with Gasteiger partial charge in [0.15, 0.2) is 5.65 Å². The lowest BCUT2D eigenvalue weighted by Gasteiger charge is -2.39. The number of amides is 1. The van der Waals surface area contributed by atoms with E-state index in [0.29, 0.717) is 30.0 Å². The molecule has 2 fully saturated rings. The monoisotopic (exact) mass is 475 g/mol. The molecule has 0 unspecified atom stereocenters. The number of fused-ring (bicyclic) bond motifs is 1. The van der Waals surface area contributed by atoms with Crippen LogP contribution in [0.5, 0.6) is 5.75 Å². The molecule has 2 aromatic heterocycles. The largest absolute Gasteiger partial charge is 0.507 e. The van der Waals surface area contributed by atoms with Gasteiger partial charge in [0.1, 0.15) is 5.75 Å². The maximum Gasteiger partial charge on any atom is 0.246 e. The lowest BCUT2D eigenvalue weighted by molar-refractivity contribution is -0.130. The van der Waals surface area contributed by atoms with Gasteiger partial charge in [-0.15, -0.1) is 10.2 Å². The number of likely N-dealkylation sites (tertiary alicyclic amines) is 1. The third kappa shape index (κ3) is 4.68. The Morgan fingerprint density at radius 1 is 1.26 bits per heavy atom. The van der Waals surface area contributed by atoms with Crippen molar-refractivity contribution in [3.8, 4) is 17.0 Å². The van der Waals surface area contributed by atoms with E-state index in [1.807, 2.05) is 29.2 Å². The third-order valence-electron chi connectivity index (χ3n) is 7.18. The minimum Gasteiger partial charge on any atom is -0.507 e. The Kier molecular flexibility index (Phi) is 6.83. The van der Waals surface area contributed by atoms with Crippen LogP contribution in [0.4, 0.5) is 0 Å². The van der Waals surface area contributed by atoms with Crippen molar-refractivity contribution in [1.29, 1.82) is 0 Å². The fourth-order valence-corrected chi connectivity index (χ4v) is 5.06. The lowest BCUT2D eigenvalue weighted by Crippen LogP contribution is -2.48. The van der Waals surface area contributed by atoms with E-state index in [2.05, 4.69) is 33.9 Å². The van der Waals surface area contributed by atoms with Crippen LogP contribution < -0.4 is 0 Å². The fraction of sp³-hybridized carbons (Fsp3) is 0.444. The van der Waals surface area contributed by atoms with Gasteiger partial charge in [-0.3, -0.25) is 4.79 Å². The number of aromatic hydroxyl groups is 1. The van der Waals surface area contributed by atoms with E-state index in [4.69, 9.17) is 4.74 Å². The van der Waals surface area contributed by atoms with Gasteiger partial charge in [0.05, 0.1) is 11.8 Å². The summed E-state index contributed by atoms with van der Waals surface area (Å²) in [5.41, 5.74) is 4.21. The van der Waals surface area contributed by atoms with E-state index in [1.54, 1.807) is 18.2 Å². The zero-order valence-electron chi connectivity index (χ0n) is 20.4. The van der Waals surface area contributed by atoms with Crippen LogP contribution in [0.25, 0.3) is 22.3 Å². The molecule has 8 nitrogen and oxygen atoms in total. The van der Waals surface area contributed by atoms with Gasteiger partial charge >= 0.3 is 0 Å². The summed E-state index contributed by atoms with van der Waals surface area (Å²) in [6, 6.07) is 9.15. The van der Waals surface area contributed by atoms with Crippen molar-refractivity contribution in [1.82, 2.24) is 25.0 Å². The quantitative estimate of drug-likeness (QED) is 0.478. The van der Waals surface area contributed by atoms with E-state index in [-0.39, 0.29) is 23.7 Å². The lowest BCUT2D eigenvalue weighted by atomic mass is 9.90. The summed E-state index contributed by atoms with van der Waals surface area (Å²) in [6.45, 7) is 9.07. The van der Waals surface area contributed by atoms with Gasteiger partial charge in [-0.1, -0.05) is 32.1 Å². The second-order valence-corrected chi connectivity index (χ2v) is 9.29. The first-order valence-corrected chi connectivity index (χ1v) is 12.6. The van der Waals surface area contributed by atoms with Crippen LogP contribution in [-0.4, -0.2) is 75.3 Å². The molecular formula is C27H33N5O3. The van der Waals surface area contributed by atoms with Gasteiger partial charge < -0.3 is 24.6 Å². The predicted octanol–water partition coefficient (Wildman–Crippen LogP) is 4.01. The summed E-state index contributed by atoms with van der Waals surface area (Å²) in [5, 5.41) is 20.1. The van der Waals surface area contributed by atoms with E-state index in [9.17, 15) is 9.90 Å². The molecular weight excluding hydrogens is 442 g/mol. The summed E-state index contributed by atoms with van der Waals surface area (Å²) in [7, 11) is 0. The van der Waals surface area contributed by atoms with Gasteiger partial charge in [-0.05, 0) is 44.1 Å². The molecule has 3 aromatic rings. The number of nitrogens with one attached hydrogen (secondary N) is 1. The van der Waals surface area contributed by atoms with Gasteiger partial charge in [0.2, 0.25) is 5.91 Å². The highest BCUT2D eigenvalue weighted by Crippen LogP contribution is 2.42. The van der Waals surface area contributed by atoms with Crippen LogP contribution >= 0.6 is 0 Å². The van der Waals surface area contributed by atoms with E-state index in [0.717, 1.165) is 55.7 Å². The SMILES string of the molecule is CCN(CC)C/C=C/C(=O)N1CC(c2[nH]c3nnc(-c4ccccc4O)cc3c2[C@@H]2CCCO2)C1. The van der Waals surface area contributed by atoms with Crippen molar-refractivity contribution in [2.45, 2.75) is 38.7 Å². The molecule has 0 spiro atoms. The molecule has 1 aromatic carbocycles. The molecule has 5 rings (SSSR count). The summed E-state index contributed by atoms with van der Waals surface area (Å²) in [5.74, 6) is 0.444. The van der Waals surface area contributed by atoms with E-state index >= 15 is 0 Å². The number of likely N-dealkylation sites (N-methyl/N-ethyl adjacent to an activating group) is 1. The van der Waals surface area contributed by atoms with E-state index in [1.165, 1.54) is 0 Å². The summed E-state index contributed by atoms with van der Waals surface area (Å²) < 4.78 is 6.09. The molecule has 0 saturated carbocycles. The normalized spacial score (nSPS) is 18.7. The van der Waals surface area contributed by atoms with Crippen LogP contribution in [0.15, 0.2) is 42.5 Å². The molecule has 4 heterocycles. The maximum atomic E-state index is 12.6. The highest BCUT2D eigenvalue weighted by molar-refractivity contribution is 5.89. The molecule has 2 aliphatic heterocycles. The second-order valence-electron chi connectivity index (χ2n) is 9.29. The molecule has 1 amide bonds. The molecule has 8 heteroatoms. The number of phenolic OH excluding ortho intramolecular Hbond substituents is 1. The summed E-state index contributed by atoms with van der Waals surface area (Å²) in [4.78, 5) is 20.3. The Morgan fingerprint density at radius 2 is 2.06 bits per heavy atom. The van der Waals surface area contributed by atoms with Crippen molar-refractivity contribution >= 4 is 16.9 Å². The molecule has 2 N–H and O–H groups in total. The second kappa shape index (κ2) is 10.2. The summed E-state index contributed by atoms with van der Waals surface area (Å²) in [6.07, 6.45) is 5.63. The summed E-state index contributed by atoms with van der Waals surface area (Å²) >= 11 is 0. The highest BCUT2D eigenvalue weighted by atomic mass is 16.5. The number of carbonyl (C=O) groups is 1. The first kappa shape index (κ1) is 23.5. The van der Waals surface area contributed by atoms with Gasteiger partial charge in [-0.25, -0.2) is 0 Å². The average molecular weight is 476 g/mol. The van der Waals surface area contributed by atoms with Crippen LogP contribution in [0.2, 0.25) is 0 Å². The number of nitrogens with zero attached hydrogens (tertiary/aromatic N) is 4. The Labute approximate surface area is 205 Å². The first-order chi connectivity index (χ1) is 17.1. The molecule has 35 heavy (non-hydrogen) atoms. The number of aromatic nitrogens is 3. The third-order valence-corrected chi connectivity index (χ3v) is 7.18. The molecule has 0 bridgehead atoms. The van der Waals surface area contributed by atoms with Crippen LogP contribution in [0, 0.1) is 0 Å². The number of rotatable bonds is 8. The van der Waals surface area contributed by atoms with Crippen LogP contribution in [0.3, 0.4) is 0 Å². The molecule has 2 aliphatic rings. The topological polar surface area (TPSA) is 94.6 Å². The average Bonchev–Trinajstić information content (AvgIpc) is 3.48. The van der Waals surface area contributed by atoms with Crippen molar-refractivity contribution in [2.24, 2.45) is 0 Å². The number of phenols is 1. The zero-order chi connectivity index (χ0) is 24.4. The number of aromatic amines is 1. The number of hydrogen-bond donors (Lipinski definition) is 2. The van der Waals surface area contributed by atoms with Crippen molar-refractivity contribution in [3.63, 3.8) is 0 Å². The number of H-pyrrole nitrogens is 1.